The molecular formula is C18H22N4O4. The maximum atomic E-state index is 12.8. The van der Waals surface area contributed by atoms with Crippen LogP contribution in [0.3, 0.4) is 0 Å². The lowest BCUT2D eigenvalue weighted by Crippen LogP contribution is -2.31. The number of aliphatic hydroxyl groups is 1. The second-order valence-electron chi connectivity index (χ2n) is 6.51. The van der Waals surface area contributed by atoms with Crippen LogP contribution in [0.25, 0.3) is 5.57 Å². The molecule has 1 aliphatic heterocycles. The van der Waals surface area contributed by atoms with Gasteiger partial charge in [0.05, 0.1) is 28.0 Å². The highest BCUT2D eigenvalue weighted by atomic mass is 16.3. The number of aromatic amines is 1. The molecule has 0 radical (unpaired) electrons. The van der Waals surface area contributed by atoms with Crippen molar-refractivity contribution in [3.63, 3.8) is 0 Å². The van der Waals surface area contributed by atoms with Gasteiger partial charge in [-0.15, -0.1) is 0 Å². The zero-order valence-corrected chi connectivity index (χ0v) is 15.3. The van der Waals surface area contributed by atoms with Crippen LogP contribution in [-0.2, 0) is 23.1 Å². The lowest BCUT2D eigenvalue weighted by molar-refractivity contribution is -0.125. The van der Waals surface area contributed by atoms with Crippen molar-refractivity contribution in [1.29, 1.82) is 0 Å². The molecule has 3 rings (SSSR count). The summed E-state index contributed by atoms with van der Waals surface area (Å²) < 4.78 is 1.29. The average molecular weight is 358 g/mol. The van der Waals surface area contributed by atoms with Crippen LogP contribution in [0.1, 0.15) is 44.4 Å². The highest BCUT2D eigenvalue weighted by Crippen LogP contribution is 2.39. The third-order valence-electron chi connectivity index (χ3n) is 4.60. The first kappa shape index (κ1) is 17.9. The summed E-state index contributed by atoms with van der Waals surface area (Å²) in [7, 11) is 3.07. The fourth-order valence-corrected chi connectivity index (χ4v) is 3.39. The first-order valence-electron chi connectivity index (χ1n) is 8.70. The quantitative estimate of drug-likeness (QED) is 0.777. The number of carbonyl (C=O) groups is 2. The Hall–Kier alpha value is -2.90. The van der Waals surface area contributed by atoms with Crippen LogP contribution in [0, 0.1) is 0 Å². The van der Waals surface area contributed by atoms with Gasteiger partial charge in [-0.3, -0.25) is 24.2 Å². The van der Waals surface area contributed by atoms with E-state index >= 15 is 0 Å². The number of carbonyl (C=O) groups excluding carboxylic acids is 2. The highest BCUT2D eigenvalue weighted by molar-refractivity contribution is 6.44. The van der Waals surface area contributed by atoms with Gasteiger partial charge in [0, 0.05) is 19.8 Å². The van der Waals surface area contributed by atoms with Crippen LogP contribution < -0.4 is 5.56 Å². The predicted molar refractivity (Wildman–Crippen MR) is 96.7 cm³/mol. The second-order valence-corrected chi connectivity index (χ2v) is 6.51. The van der Waals surface area contributed by atoms with Crippen molar-refractivity contribution in [1.82, 2.24) is 14.8 Å². The number of hydrogen-bond acceptors (Lipinski definition) is 5. The van der Waals surface area contributed by atoms with Gasteiger partial charge in [0.15, 0.2) is 0 Å². The van der Waals surface area contributed by atoms with E-state index in [9.17, 15) is 19.5 Å². The van der Waals surface area contributed by atoms with Crippen LogP contribution in [-0.4, -0.2) is 44.3 Å². The lowest BCUT2D eigenvalue weighted by atomic mass is 9.79. The van der Waals surface area contributed by atoms with Crippen LogP contribution in [0.15, 0.2) is 26.8 Å². The van der Waals surface area contributed by atoms with E-state index in [0.717, 1.165) is 12.8 Å². The van der Waals surface area contributed by atoms with Gasteiger partial charge in [-0.2, -0.15) is 5.10 Å². The largest absolute Gasteiger partial charge is 0.506 e. The molecule has 2 heterocycles. The topological polar surface area (TPSA) is 108 Å². The summed E-state index contributed by atoms with van der Waals surface area (Å²) in [5.74, 6) is -1.20. The molecule has 1 aromatic heterocycles. The molecule has 2 N–H and O–H groups in total. The smallest absolute Gasteiger partial charge is 0.276 e. The molecule has 8 nitrogen and oxygen atoms in total. The maximum absolute atomic E-state index is 12.8. The van der Waals surface area contributed by atoms with Crippen molar-refractivity contribution in [2.45, 2.75) is 39.5 Å². The minimum absolute atomic E-state index is 0.0176. The van der Waals surface area contributed by atoms with Gasteiger partial charge < -0.3 is 5.11 Å². The van der Waals surface area contributed by atoms with Crippen molar-refractivity contribution in [2.24, 2.45) is 12.1 Å². The number of rotatable bonds is 5. The normalized spacial score (nSPS) is 20.2. The molecule has 0 atom stereocenters. The van der Waals surface area contributed by atoms with Gasteiger partial charge in [0.25, 0.3) is 11.5 Å². The summed E-state index contributed by atoms with van der Waals surface area (Å²) in [6, 6.07) is 0. The molecule has 0 saturated heterocycles. The van der Waals surface area contributed by atoms with E-state index in [1.807, 2.05) is 13.8 Å². The Labute approximate surface area is 150 Å². The van der Waals surface area contributed by atoms with Gasteiger partial charge >= 0.3 is 0 Å². The van der Waals surface area contributed by atoms with E-state index in [2.05, 4.69) is 10.2 Å². The van der Waals surface area contributed by atoms with Crippen molar-refractivity contribution in [3.8, 4) is 0 Å². The third-order valence-corrected chi connectivity index (χ3v) is 4.60. The monoisotopic (exact) mass is 358 g/mol. The molecule has 1 amide bonds. The fourth-order valence-electron chi connectivity index (χ4n) is 3.39. The Morgan fingerprint density at radius 3 is 2.23 bits per heavy atom. The Kier molecular flexibility index (Phi) is 4.43. The molecule has 0 bridgehead atoms. The number of amides is 1. The first-order valence-corrected chi connectivity index (χ1v) is 8.70. The van der Waals surface area contributed by atoms with E-state index in [-0.39, 0.29) is 33.6 Å². The summed E-state index contributed by atoms with van der Waals surface area (Å²) in [5.41, 5.74) is 1.01. The number of aromatic nitrogens is 2. The maximum Gasteiger partial charge on any atom is 0.276 e. The summed E-state index contributed by atoms with van der Waals surface area (Å²) in [5, 5.41) is 18.8. The number of likely N-dealkylation sites (N-methyl/N-ethyl adjacent to an activating group) is 1. The summed E-state index contributed by atoms with van der Waals surface area (Å²) in [4.78, 5) is 37.6. The van der Waals surface area contributed by atoms with E-state index < -0.39 is 11.7 Å². The zero-order chi connectivity index (χ0) is 19.2. The number of ketones is 1. The molecule has 26 heavy (non-hydrogen) atoms. The van der Waals surface area contributed by atoms with Gasteiger partial charge in [0.1, 0.15) is 5.76 Å². The minimum atomic E-state index is -0.487. The predicted octanol–water partition coefficient (Wildman–Crippen LogP) is 1.44. The Bertz CT molecular complexity index is 958. The van der Waals surface area contributed by atoms with E-state index in [0.29, 0.717) is 24.2 Å². The van der Waals surface area contributed by atoms with Gasteiger partial charge in [-0.05, 0) is 12.8 Å². The Morgan fingerprint density at radius 2 is 1.65 bits per heavy atom. The van der Waals surface area contributed by atoms with Gasteiger partial charge in [-0.1, -0.05) is 26.7 Å². The minimum Gasteiger partial charge on any atom is -0.506 e. The number of Topliss-reactive ketones (excluding diaryl/α,β-unsaturated/α-hetero) is 1. The number of nitrogens with one attached hydrogen (secondary N) is 1. The van der Waals surface area contributed by atoms with Gasteiger partial charge in [-0.25, -0.2) is 5.01 Å². The molecule has 2 aliphatic rings. The second kappa shape index (κ2) is 6.44. The number of aliphatic hydroxyl groups excluding tert-OH is 1. The Balaban J connectivity index is 2.17. The number of nitrogens with zero attached hydrogens (tertiary/aromatic N) is 3. The van der Waals surface area contributed by atoms with Crippen LogP contribution >= 0.6 is 0 Å². The number of allylic oxidation sites excluding steroid dienone is 2. The highest BCUT2D eigenvalue weighted by Gasteiger charge is 2.44. The average Bonchev–Trinajstić information content (AvgIpc) is 3.01. The van der Waals surface area contributed by atoms with Crippen LogP contribution in [0.2, 0.25) is 0 Å². The summed E-state index contributed by atoms with van der Waals surface area (Å²) in [6.07, 6.45) is 2.63. The fraction of sp³-hybridized carbons (Fsp3) is 0.444. The molecule has 0 unspecified atom stereocenters. The van der Waals surface area contributed by atoms with E-state index in [1.165, 1.54) is 16.7 Å². The molecule has 1 aromatic rings. The molecule has 0 aromatic carbocycles. The zero-order valence-electron chi connectivity index (χ0n) is 15.3. The standard InChI is InChI=1S/C18H22N4O4/c1-5-7-9-11(17(25)21(3)19-9)13-15(23)14(16(13)24)12-10(8-6-2)20-22(4)18(12)26/h19,23H,5-8H2,1-4H3/b14-12+. The third kappa shape index (κ3) is 2.44. The number of H-pyrrole nitrogens is 1. The molecule has 138 valence electrons. The number of hydrazone groups is 1. The molecule has 0 fully saturated rings. The SMILES string of the molecule is CCCC1=NN(C)C(=O)/C1=C1/C(=O)C(c2c(CCC)[nH]n(C)c2=O)=C1O. The summed E-state index contributed by atoms with van der Waals surface area (Å²) in [6.45, 7) is 3.90. The van der Waals surface area contributed by atoms with Crippen LogP contribution in [0.4, 0.5) is 0 Å². The molecule has 0 saturated carbocycles. The molecule has 8 heteroatoms. The number of hydrogen-bond donors (Lipinski definition) is 2. The molecule has 1 aliphatic carbocycles. The van der Waals surface area contributed by atoms with Crippen molar-refractivity contribution in [2.75, 3.05) is 7.05 Å². The molecule has 0 spiro atoms. The first-order chi connectivity index (χ1) is 12.3. The van der Waals surface area contributed by atoms with Gasteiger partial charge in [0.2, 0.25) is 5.78 Å². The van der Waals surface area contributed by atoms with Crippen molar-refractivity contribution >= 4 is 23.0 Å². The van der Waals surface area contributed by atoms with Crippen molar-refractivity contribution < 1.29 is 14.7 Å². The Morgan fingerprint density at radius 1 is 1.00 bits per heavy atom. The van der Waals surface area contributed by atoms with E-state index in [4.69, 9.17) is 0 Å². The molecular weight excluding hydrogens is 336 g/mol. The van der Waals surface area contributed by atoms with Crippen molar-refractivity contribution in [3.05, 3.63) is 38.5 Å². The van der Waals surface area contributed by atoms with Crippen LogP contribution in [0.5, 0.6) is 0 Å². The number of aryl methyl sites for hydroxylation is 2. The summed E-state index contributed by atoms with van der Waals surface area (Å²) >= 11 is 0. The lowest BCUT2D eigenvalue weighted by Gasteiger charge is -2.22. The van der Waals surface area contributed by atoms with E-state index in [1.54, 1.807) is 7.05 Å².